The highest BCUT2D eigenvalue weighted by molar-refractivity contribution is 6.37. The number of rotatable bonds is 6. The van der Waals surface area contributed by atoms with Gasteiger partial charge in [-0.25, -0.2) is 0 Å². The van der Waals surface area contributed by atoms with Gasteiger partial charge in [0.1, 0.15) is 24.6 Å². The first-order chi connectivity index (χ1) is 10.4. The van der Waals surface area contributed by atoms with Crippen molar-refractivity contribution >= 4 is 28.9 Å². The molecule has 0 aliphatic rings. The maximum absolute atomic E-state index is 10.7. The van der Waals surface area contributed by atoms with Crippen LogP contribution in [0.2, 0.25) is 10.0 Å². The normalized spacial score (nSPS) is 12.2. The number of aryl methyl sites for hydroxylation is 1. The van der Waals surface area contributed by atoms with Crippen molar-refractivity contribution in [2.24, 2.45) is 0 Å². The molecule has 0 saturated carbocycles. The molecule has 0 fully saturated rings. The van der Waals surface area contributed by atoms with Gasteiger partial charge in [0.2, 0.25) is 0 Å². The second kappa shape index (κ2) is 6.95. The molecule has 0 aliphatic carbocycles. The Kier molecular flexibility index (Phi) is 5.23. The molecule has 0 aliphatic heterocycles. The lowest BCUT2D eigenvalue weighted by atomic mass is 10.3. The van der Waals surface area contributed by atoms with Gasteiger partial charge in [-0.1, -0.05) is 29.3 Å². The molecule has 1 atom stereocenters. The second-order valence-electron chi connectivity index (χ2n) is 4.59. The summed E-state index contributed by atoms with van der Waals surface area (Å²) < 4.78 is 6.70. The van der Waals surface area contributed by atoms with Crippen molar-refractivity contribution in [1.29, 1.82) is 0 Å². The van der Waals surface area contributed by atoms with E-state index in [1.807, 2.05) is 0 Å². The van der Waals surface area contributed by atoms with Gasteiger partial charge in [-0.05, 0) is 19.1 Å². The number of nitrogens with zero attached hydrogens (tertiary/aromatic N) is 3. The van der Waals surface area contributed by atoms with E-state index in [4.69, 9.17) is 27.9 Å². The van der Waals surface area contributed by atoms with E-state index in [0.717, 1.165) is 0 Å². The van der Waals surface area contributed by atoms with E-state index in [-0.39, 0.29) is 30.3 Å². The average molecular weight is 346 g/mol. The molecule has 1 N–H and O–H groups in total. The smallest absolute Gasteiger partial charge is 0.309 e. The standard InChI is InChI=1S/C13H13Cl2N3O4/c1-8-12(18(20)21)6-17(16-8)5-9(19)7-22-13-10(14)3-2-4-11(13)15/h2-4,6,9,19H,5,7H2,1H3. The van der Waals surface area contributed by atoms with Gasteiger partial charge in [0.25, 0.3) is 0 Å². The summed E-state index contributed by atoms with van der Waals surface area (Å²) in [5.74, 6) is 0.285. The molecule has 1 aromatic carbocycles. The molecule has 9 heteroatoms. The minimum Gasteiger partial charge on any atom is -0.488 e. The summed E-state index contributed by atoms with van der Waals surface area (Å²) in [6.07, 6.45) is 0.340. The Morgan fingerprint density at radius 3 is 2.64 bits per heavy atom. The van der Waals surface area contributed by atoms with Gasteiger partial charge in [0.15, 0.2) is 5.75 Å². The SMILES string of the molecule is Cc1nn(CC(O)COc2c(Cl)cccc2Cl)cc1[N+](=O)[O-]. The monoisotopic (exact) mass is 345 g/mol. The number of halogens is 2. The first kappa shape index (κ1) is 16.5. The van der Waals surface area contributed by atoms with E-state index in [1.54, 1.807) is 18.2 Å². The molecule has 22 heavy (non-hydrogen) atoms. The van der Waals surface area contributed by atoms with E-state index in [1.165, 1.54) is 17.8 Å². The van der Waals surface area contributed by atoms with Crippen molar-refractivity contribution in [3.8, 4) is 5.75 Å². The zero-order valence-electron chi connectivity index (χ0n) is 11.6. The fraction of sp³-hybridized carbons (Fsp3) is 0.308. The Bertz CT molecular complexity index is 670. The minimum absolute atomic E-state index is 0.0523. The molecule has 2 aromatic rings. The Morgan fingerprint density at radius 1 is 1.45 bits per heavy atom. The van der Waals surface area contributed by atoms with Crippen LogP contribution in [0.25, 0.3) is 0 Å². The fourth-order valence-electron chi connectivity index (χ4n) is 1.85. The Labute approximate surface area is 136 Å². The lowest BCUT2D eigenvalue weighted by molar-refractivity contribution is -0.385. The molecule has 0 amide bonds. The molecule has 0 saturated heterocycles. The maximum Gasteiger partial charge on any atom is 0.309 e. The summed E-state index contributed by atoms with van der Waals surface area (Å²) in [5.41, 5.74) is 0.189. The van der Waals surface area contributed by atoms with Crippen molar-refractivity contribution in [3.05, 3.63) is 50.2 Å². The molecule has 0 bridgehead atoms. The van der Waals surface area contributed by atoms with Crippen LogP contribution in [0.5, 0.6) is 5.75 Å². The predicted octanol–water partition coefficient (Wildman–Crippen LogP) is 2.85. The summed E-state index contributed by atoms with van der Waals surface area (Å²) in [6, 6.07) is 4.92. The zero-order valence-corrected chi connectivity index (χ0v) is 13.1. The van der Waals surface area contributed by atoms with Crippen LogP contribution in [0.4, 0.5) is 5.69 Å². The largest absolute Gasteiger partial charge is 0.488 e. The number of hydrogen-bond acceptors (Lipinski definition) is 5. The van der Waals surface area contributed by atoms with Gasteiger partial charge in [0, 0.05) is 0 Å². The molecule has 0 radical (unpaired) electrons. The number of para-hydroxylation sites is 1. The summed E-state index contributed by atoms with van der Waals surface area (Å²) in [6.45, 7) is 1.51. The lowest BCUT2D eigenvalue weighted by Gasteiger charge is -2.14. The molecular weight excluding hydrogens is 333 g/mol. The van der Waals surface area contributed by atoms with E-state index < -0.39 is 11.0 Å². The number of aliphatic hydroxyl groups excluding tert-OH is 1. The fourth-order valence-corrected chi connectivity index (χ4v) is 2.36. The number of benzene rings is 1. The Hall–Kier alpha value is -1.83. The molecule has 0 spiro atoms. The Balaban J connectivity index is 1.97. The number of aliphatic hydroxyl groups is 1. The van der Waals surface area contributed by atoms with Crippen molar-refractivity contribution in [1.82, 2.24) is 9.78 Å². The highest BCUT2D eigenvalue weighted by Crippen LogP contribution is 2.32. The summed E-state index contributed by atoms with van der Waals surface area (Å²) >= 11 is 11.9. The van der Waals surface area contributed by atoms with Crippen molar-refractivity contribution < 1.29 is 14.8 Å². The van der Waals surface area contributed by atoms with Crippen molar-refractivity contribution in [3.63, 3.8) is 0 Å². The van der Waals surface area contributed by atoms with E-state index in [9.17, 15) is 15.2 Å². The number of aromatic nitrogens is 2. The molecule has 7 nitrogen and oxygen atoms in total. The van der Waals surface area contributed by atoms with Crippen LogP contribution >= 0.6 is 23.2 Å². The van der Waals surface area contributed by atoms with Crippen LogP contribution < -0.4 is 4.74 Å². The summed E-state index contributed by atoms with van der Waals surface area (Å²) in [7, 11) is 0. The van der Waals surface area contributed by atoms with Crippen LogP contribution in [-0.2, 0) is 6.54 Å². The molecule has 1 heterocycles. The van der Waals surface area contributed by atoms with E-state index >= 15 is 0 Å². The summed E-state index contributed by atoms with van der Waals surface area (Å²) in [4.78, 5) is 10.2. The van der Waals surface area contributed by atoms with E-state index in [2.05, 4.69) is 5.10 Å². The van der Waals surface area contributed by atoms with E-state index in [0.29, 0.717) is 10.0 Å². The molecule has 2 rings (SSSR count). The quantitative estimate of drug-likeness (QED) is 0.642. The van der Waals surface area contributed by atoms with Gasteiger partial charge >= 0.3 is 5.69 Å². The molecule has 118 valence electrons. The van der Waals surface area contributed by atoms with Crippen LogP contribution in [0.3, 0.4) is 0 Å². The van der Waals surface area contributed by atoms with Gasteiger partial charge in [-0.15, -0.1) is 0 Å². The van der Waals surface area contributed by atoms with Crippen LogP contribution in [0.1, 0.15) is 5.69 Å². The third-order valence-electron chi connectivity index (χ3n) is 2.85. The number of nitro groups is 1. The van der Waals surface area contributed by atoms with Crippen LogP contribution in [-0.4, -0.2) is 32.5 Å². The van der Waals surface area contributed by atoms with Crippen molar-refractivity contribution in [2.45, 2.75) is 19.6 Å². The van der Waals surface area contributed by atoms with Crippen LogP contribution in [0.15, 0.2) is 24.4 Å². The van der Waals surface area contributed by atoms with Crippen LogP contribution in [0, 0.1) is 17.0 Å². The van der Waals surface area contributed by atoms with Gasteiger partial charge in [-0.2, -0.15) is 5.10 Å². The molecule has 1 unspecified atom stereocenters. The third-order valence-corrected chi connectivity index (χ3v) is 3.45. The zero-order chi connectivity index (χ0) is 16.3. The minimum atomic E-state index is -0.925. The number of hydrogen-bond donors (Lipinski definition) is 1. The van der Waals surface area contributed by atoms with Gasteiger partial charge < -0.3 is 9.84 Å². The highest BCUT2D eigenvalue weighted by atomic mass is 35.5. The maximum atomic E-state index is 10.7. The second-order valence-corrected chi connectivity index (χ2v) is 5.41. The summed E-state index contributed by atoms with van der Waals surface area (Å²) in [5, 5.41) is 25.3. The molecule has 1 aromatic heterocycles. The predicted molar refractivity (Wildman–Crippen MR) is 81.6 cm³/mol. The first-order valence-electron chi connectivity index (χ1n) is 6.31. The van der Waals surface area contributed by atoms with Gasteiger partial charge in [0.05, 0.1) is 21.5 Å². The average Bonchev–Trinajstić information content (AvgIpc) is 2.79. The van der Waals surface area contributed by atoms with Gasteiger partial charge in [-0.3, -0.25) is 14.8 Å². The Morgan fingerprint density at radius 2 is 2.09 bits per heavy atom. The topological polar surface area (TPSA) is 90.4 Å². The van der Waals surface area contributed by atoms with Crippen molar-refractivity contribution in [2.75, 3.05) is 6.61 Å². The first-order valence-corrected chi connectivity index (χ1v) is 7.07. The number of ether oxygens (including phenoxy) is 1. The lowest BCUT2D eigenvalue weighted by Crippen LogP contribution is -2.24. The molecular formula is C13H13Cl2N3O4. The highest BCUT2D eigenvalue weighted by Gasteiger charge is 2.17. The third kappa shape index (κ3) is 3.88.